The lowest BCUT2D eigenvalue weighted by Gasteiger charge is -2.24. The van der Waals surface area contributed by atoms with Crippen molar-refractivity contribution in [2.75, 3.05) is 19.8 Å². The first-order valence-electron chi connectivity index (χ1n) is 28.9. The van der Waals surface area contributed by atoms with E-state index in [0.29, 0.717) is 35.3 Å². The molecule has 2 unspecified atom stereocenters. The first-order valence-corrected chi connectivity index (χ1v) is 28.9. The lowest BCUT2D eigenvalue weighted by molar-refractivity contribution is -0.187. The van der Waals surface area contributed by atoms with Gasteiger partial charge in [0.15, 0.2) is 6.29 Å². The Hall–Kier alpha value is -5.62. The van der Waals surface area contributed by atoms with E-state index in [4.69, 9.17) is 14.6 Å². The Kier molecular flexibility index (Phi) is 43.9. The molecule has 0 spiro atoms. The van der Waals surface area contributed by atoms with Crippen LogP contribution in [-0.4, -0.2) is 51.2 Å². The number of hydrogen-bond donors (Lipinski definition) is 1. The average Bonchev–Trinajstić information content (AvgIpc) is 3.43. The third-order valence-electron chi connectivity index (χ3n) is 12.9. The Morgan fingerprint density at radius 2 is 0.938 bits per heavy atom. The number of aromatic nitrogens is 4. The molecular formula is C70H108F4N4O3. The maximum absolute atomic E-state index is 12.6. The van der Waals surface area contributed by atoms with Crippen LogP contribution in [0, 0.1) is 136 Å². The second kappa shape index (κ2) is 45.9. The van der Waals surface area contributed by atoms with Crippen LogP contribution < -0.4 is 0 Å². The summed E-state index contributed by atoms with van der Waals surface area (Å²) in [6.07, 6.45) is 18.5. The highest BCUT2D eigenvalue weighted by molar-refractivity contribution is 5.24. The zero-order valence-corrected chi connectivity index (χ0v) is 53.6. The molecule has 0 radical (unpaired) electrons. The summed E-state index contributed by atoms with van der Waals surface area (Å²) in [5.41, 5.74) is 9.76. The summed E-state index contributed by atoms with van der Waals surface area (Å²) in [5.74, 6) is 3.47. The van der Waals surface area contributed by atoms with Crippen molar-refractivity contribution >= 4 is 0 Å². The van der Waals surface area contributed by atoms with Gasteiger partial charge in [0.1, 0.15) is 29.1 Å². The molecule has 7 nitrogen and oxygen atoms in total. The molecule has 1 aliphatic heterocycles. The number of aryl methyl sites for hydroxylation is 11. The zero-order valence-electron chi connectivity index (χ0n) is 53.6. The minimum absolute atomic E-state index is 0. The highest BCUT2D eigenvalue weighted by Gasteiger charge is 2.14. The van der Waals surface area contributed by atoms with E-state index in [1.54, 1.807) is 33.0 Å². The van der Waals surface area contributed by atoms with Crippen molar-refractivity contribution in [3.8, 4) is 0 Å². The highest BCUT2D eigenvalue weighted by atomic mass is 19.1. The maximum Gasteiger partial charge on any atom is 0.154 e. The molecule has 0 amide bonds. The van der Waals surface area contributed by atoms with Crippen LogP contribution in [0.4, 0.5) is 17.6 Å². The predicted octanol–water partition coefficient (Wildman–Crippen LogP) is 19.7. The van der Waals surface area contributed by atoms with Gasteiger partial charge in [0.25, 0.3) is 0 Å². The summed E-state index contributed by atoms with van der Waals surface area (Å²) in [6, 6.07) is 21.9. The topological polar surface area (TPSA) is 90.2 Å². The van der Waals surface area contributed by atoms with E-state index in [-0.39, 0.29) is 24.9 Å². The lowest BCUT2D eigenvalue weighted by Crippen LogP contribution is -2.27. The Bertz CT molecular complexity index is 2230. The second-order valence-corrected chi connectivity index (χ2v) is 22.1. The molecule has 6 aromatic rings. The summed E-state index contributed by atoms with van der Waals surface area (Å²) >= 11 is 0. The lowest BCUT2D eigenvalue weighted by atomic mass is 9.84. The predicted molar refractivity (Wildman–Crippen MR) is 337 cm³/mol. The van der Waals surface area contributed by atoms with Gasteiger partial charge in [-0.15, -0.1) is 6.58 Å². The fraction of sp³-hybridized carbons (Fsp3) is 0.514. The standard InChI is InChI=1S/C8H8F2.C8H9F.C8H16.C8H10.C7H8FN.C7H9N.C7H14.C6H8N2.C6H12O2.C5H12O.H2/c1-5-3-7(9)6(2)8(10)4-5;1-6-3-4-7(2)8(9)5-6;2*1-7-3-5-8(2)6-4-7;1-5-3-7(8)6(2)9-4-5;1-6-3-4-7(2)8-5-6;1-4-6-7(3)5-2;2*1-5-3-7-6(2)8-4-5;1-3-5(2)4-6;/h3-4H,1-2H3;3-5H,1-2H3;7-8H,3-6H2,1-2H3;3-6H,1-2H3;3-4H,1-2H3;3-5H,1-2H3;4,7H,1,5-6H2,2-3H3;3-4H,1-2H3;5-6H,3-4H2,1-2H3;5-6H,3-4H2,1-2H3;1H. The number of nitrogens with zero attached hydrogens (tertiary/aromatic N) is 4. The van der Waals surface area contributed by atoms with Gasteiger partial charge in [-0.3, -0.25) is 9.97 Å². The molecule has 2 atom stereocenters. The maximum atomic E-state index is 12.6. The number of aliphatic hydroxyl groups excluding tert-OH is 1. The normalized spacial score (nSPS) is 16.2. The molecule has 1 saturated heterocycles. The van der Waals surface area contributed by atoms with Crippen LogP contribution in [0.2, 0.25) is 0 Å². The number of hydrogen-bond acceptors (Lipinski definition) is 7. The number of pyridine rings is 2. The molecule has 1 aliphatic carbocycles. The van der Waals surface area contributed by atoms with Crippen molar-refractivity contribution in [2.24, 2.45) is 29.6 Å². The first kappa shape index (κ1) is 77.4. The summed E-state index contributed by atoms with van der Waals surface area (Å²) < 4.78 is 60.6. The molecule has 2 fully saturated rings. The smallest absolute Gasteiger partial charge is 0.154 e. The van der Waals surface area contributed by atoms with Crippen LogP contribution >= 0.6 is 0 Å². The number of rotatable bonds is 5. The molecule has 454 valence electrons. The van der Waals surface area contributed by atoms with Crippen LogP contribution in [0.1, 0.15) is 169 Å². The van der Waals surface area contributed by atoms with Crippen molar-refractivity contribution in [3.05, 3.63) is 201 Å². The van der Waals surface area contributed by atoms with Crippen LogP contribution in [-0.2, 0) is 9.47 Å². The SMILES string of the molecule is C=CCC(C)CC.CC1CCC(C)CC1.CC1COC(C)OC1.CCC(C)CO.Cc1cc(F)c(C)c(F)c1.Cc1ccc(C)c(F)c1.Cc1ccc(C)cc1.Cc1ccc(C)nc1.Cc1cnc(C)c(F)c1.Cc1cnc(C)nc1.[HH]. The Balaban J connectivity index is -0.000000847. The van der Waals surface area contributed by atoms with Crippen LogP contribution in [0.25, 0.3) is 0 Å². The van der Waals surface area contributed by atoms with Crippen molar-refractivity contribution in [3.63, 3.8) is 0 Å². The molecular weight excluding hydrogens is 1020 g/mol. The van der Waals surface area contributed by atoms with Gasteiger partial charge in [0.2, 0.25) is 0 Å². The second-order valence-electron chi connectivity index (χ2n) is 22.1. The average molecular weight is 1130 g/mol. The number of allylic oxidation sites excluding steroid dienone is 1. The largest absolute Gasteiger partial charge is 0.396 e. The Morgan fingerprint density at radius 3 is 1.26 bits per heavy atom. The molecule has 3 aromatic heterocycles. The summed E-state index contributed by atoms with van der Waals surface area (Å²) in [6.45, 7) is 45.2. The molecule has 3 aromatic carbocycles. The van der Waals surface area contributed by atoms with E-state index in [0.717, 1.165) is 72.0 Å². The number of halogens is 4. The van der Waals surface area contributed by atoms with Gasteiger partial charge >= 0.3 is 0 Å². The number of aliphatic hydroxyl groups is 1. The Labute approximate surface area is 491 Å². The molecule has 1 N–H and O–H groups in total. The monoisotopic (exact) mass is 1130 g/mol. The summed E-state index contributed by atoms with van der Waals surface area (Å²) in [5, 5.41) is 8.33. The van der Waals surface area contributed by atoms with Gasteiger partial charge in [0.05, 0.1) is 18.9 Å². The number of ether oxygens (including phenoxy) is 2. The van der Waals surface area contributed by atoms with Crippen molar-refractivity contribution in [1.82, 2.24) is 19.9 Å². The Morgan fingerprint density at radius 1 is 0.519 bits per heavy atom. The zero-order chi connectivity index (χ0) is 62.0. The molecule has 2 aliphatic rings. The van der Waals surface area contributed by atoms with E-state index in [1.165, 1.54) is 80.0 Å². The summed E-state index contributed by atoms with van der Waals surface area (Å²) in [7, 11) is 0. The molecule has 11 heteroatoms. The van der Waals surface area contributed by atoms with Crippen molar-refractivity contribution < 1.29 is 33.6 Å². The molecule has 4 heterocycles. The minimum Gasteiger partial charge on any atom is -0.396 e. The van der Waals surface area contributed by atoms with E-state index in [2.05, 4.69) is 112 Å². The van der Waals surface area contributed by atoms with Crippen molar-refractivity contribution in [2.45, 2.75) is 190 Å². The molecule has 81 heavy (non-hydrogen) atoms. The van der Waals surface area contributed by atoms with Crippen LogP contribution in [0.3, 0.4) is 0 Å². The number of benzene rings is 3. The van der Waals surface area contributed by atoms with Crippen molar-refractivity contribution in [1.29, 1.82) is 0 Å². The van der Waals surface area contributed by atoms with Gasteiger partial charge in [-0.1, -0.05) is 147 Å². The first-order chi connectivity index (χ1) is 38.1. The summed E-state index contributed by atoms with van der Waals surface area (Å²) in [4.78, 5) is 15.8. The highest BCUT2D eigenvalue weighted by Crippen LogP contribution is 2.27. The van der Waals surface area contributed by atoms with Gasteiger partial charge in [0, 0.05) is 50.0 Å². The third kappa shape index (κ3) is 42.8. The van der Waals surface area contributed by atoms with Gasteiger partial charge in [-0.25, -0.2) is 27.5 Å². The minimum atomic E-state index is -0.475. The molecule has 0 bridgehead atoms. The van der Waals surface area contributed by atoms with Gasteiger partial charge < -0.3 is 14.6 Å². The van der Waals surface area contributed by atoms with E-state index in [9.17, 15) is 17.6 Å². The quantitative estimate of drug-likeness (QED) is 0.136. The van der Waals surface area contributed by atoms with Gasteiger partial charge in [-0.2, -0.15) is 0 Å². The molecule has 1 saturated carbocycles. The van der Waals surface area contributed by atoms with E-state index < -0.39 is 11.6 Å². The third-order valence-corrected chi connectivity index (χ3v) is 12.9. The fourth-order valence-electron chi connectivity index (χ4n) is 6.41. The van der Waals surface area contributed by atoms with Crippen LogP contribution in [0.15, 0.2) is 110 Å². The van der Waals surface area contributed by atoms with Crippen LogP contribution in [0.5, 0.6) is 0 Å². The fourth-order valence-corrected chi connectivity index (χ4v) is 6.41. The molecule has 8 rings (SSSR count). The van der Waals surface area contributed by atoms with E-state index >= 15 is 0 Å². The van der Waals surface area contributed by atoms with E-state index in [1.807, 2.05) is 92.2 Å². The van der Waals surface area contributed by atoms with Gasteiger partial charge in [-0.05, 0) is 184 Å².